The summed E-state index contributed by atoms with van der Waals surface area (Å²) in [6.07, 6.45) is 4.74. The van der Waals surface area contributed by atoms with Gasteiger partial charge in [-0.25, -0.2) is 0 Å². The zero-order chi connectivity index (χ0) is 15.4. The summed E-state index contributed by atoms with van der Waals surface area (Å²) >= 11 is 1.21. The molecule has 0 saturated carbocycles. The van der Waals surface area contributed by atoms with Crippen LogP contribution in [0.2, 0.25) is 0 Å². The Morgan fingerprint density at radius 2 is 1.86 bits per heavy atom. The number of hydrogen-bond acceptors (Lipinski definition) is 5. The molecule has 0 spiro atoms. The van der Waals surface area contributed by atoms with Gasteiger partial charge < -0.3 is 4.90 Å². The predicted molar refractivity (Wildman–Crippen MR) is 86.4 cm³/mol. The van der Waals surface area contributed by atoms with Gasteiger partial charge in [0, 0.05) is 32.4 Å². The summed E-state index contributed by atoms with van der Waals surface area (Å²) in [7, 11) is 1.83. The highest BCUT2D eigenvalue weighted by atomic mass is 32.1. The average Bonchev–Trinajstić information content (AvgIpc) is 3.01. The number of rotatable bonds is 5. The van der Waals surface area contributed by atoms with Crippen molar-refractivity contribution in [1.29, 1.82) is 0 Å². The third-order valence-corrected chi connectivity index (χ3v) is 4.10. The van der Waals surface area contributed by atoms with Gasteiger partial charge in [-0.2, -0.15) is 8.75 Å². The fraction of sp³-hybridized carbons (Fsp3) is 0.250. The van der Waals surface area contributed by atoms with Gasteiger partial charge in [0.25, 0.3) is 0 Å². The fourth-order valence-electron chi connectivity index (χ4n) is 2.28. The molecule has 2 aromatic heterocycles. The summed E-state index contributed by atoms with van der Waals surface area (Å²) in [5.74, 6) is 0.133. The lowest BCUT2D eigenvalue weighted by atomic mass is 10.1. The first-order valence-corrected chi connectivity index (χ1v) is 7.79. The number of pyridine rings is 1. The lowest BCUT2D eigenvalue weighted by Crippen LogP contribution is -2.26. The van der Waals surface area contributed by atoms with Crippen LogP contribution in [0.25, 0.3) is 11.0 Å². The first kappa shape index (κ1) is 14.6. The van der Waals surface area contributed by atoms with Crippen LogP contribution in [0.5, 0.6) is 0 Å². The van der Waals surface area contributed by atoms with Crippen LogP contribution in [-0.2, 0) is 17.8 Å². The van der Waals surface area contributed by atoms with E-state index in [4.69, 9.17) is 0 Å². The Bertz CT molecular complexity index is 772. The van der Waals surface area contributed by atoms with E-state index in [1.54, 1.807) is 17.3 Å². The van der Waals surface area contributed by atoms with Gasteiger partial charge in [-0.05, 0) is 41.8 Å². The van der Waals surface area contributed by atoms with Crippen LogP contribution in [0, 0.1) is 0 Å². The molecule has 2 heterocycles. The Labute approximate surface area is 132 Å². The Kier molecular flexibility index (Phi) is 4.39. The van der Waals surface area contributed by atoms with Crippen molar-refractivity contribution in [2.75, 3.05) is 7.05 Å². The van der Waals surface area contributed by atoms with Crippen LogP contribution in [0.1, 0.15) is 17.5 Å². The minimum atomic E-state index is 0.133. The summed E-state index contributed by atoms with van der Waals surface area (Å²) in [5, 5.41) is 0. The number of benzene rings is 1. The molecule has 0 aliphatic rings. The Morgan fingerprint density at radius 3 is 2.68 bits per heavy atom. The van der Waals surface area contributed by atoms with Crippen molar-refractivity contribution in [1.82, 2.24) is 18.6 Å². The minimum Gasteiger partial charge on any atom is -0.341 e. The smallest absolute Gasteiger partial charge is 0.222 e. The highest BCUT2D eigenvalue weighted by Crippen LogP contribution is 2.15. The van der Waals surface area contributed by atoms with E-state index in [0.29, 0.717) is 13.0 Å². The van der Waals surface area contributed by atoms with Crippen molar-refractivity contribution in [3.63, 3.8) is 0 Å². The number of carbonyl (C=O) groups excluding carboxylic acids is 1. The van der Waals surface area contributed by atoms with Gasteiger partial charge in [-0.1, -0.05) is 6.07 Å². The van der Waals surface area contributed by atoms with Gasteiger partial charge in [-0.15, -0.1) is 0 Å². The molecule has 3 aromatic rings. The molecule has 0 saturated heterocycles. The molecule has 5 nitrogen and oxygen atoms in total. The molecule has 6 heteroatoms. The summed E-state index contributed by atoms with van der Waals surface area (Å²) in [6.45, 7) is 0.586. The molecule has 0 N–H and O–H groups in total. The van der Waals surface area contributed by atoms with Gasteiger partial charge in [-0.3, -0.25) is 9.78 Å². The molecule has 0 fully saturated rings. The summed E-state index contributed by atoms with van der Waals surface area (Å²) < 4.78 is 8.41. The van der Waals surface area contributed by atoms with E-state index < -0.39 is 0 Å². The van der Waals surface area contributed by atoms with Gasteiger partial charge in [0.15, 0.2) is 0 Å². The molecule has 0 radical (unpaired) electrons. The molecule has 0 atom stereocenters. The molecule has 0 aliphatic carbocycles. The number of aryl methyl sites for hydroxylation is 1. The number of amides is 1. The normalized spacial score (nSPS) is 10.8. The van der Waals surface area contributed by atoms with Gasteiger partial charge in [0.2, 0.25) is 5.91 Å². The van der Waals surface area contributed by atoms with E-state index in [1.807, 2.05) is 37.4 Å². The molecule has 22 heavy (non-hydrogen) atoms. The third-order valence-electron chi connectivity index (χ3n) is 3.54. The molecule has 1 amide bonds. The Balaban J connectivity index is 1.58. The van der Waals surface area contributed by atoms with Crippen molar-refractivity contribution in [3.8, 4) is 0 Å². The zero-order valence-corrected chi connectivity index (χ0v) is 13.1. The van der Waals surface area contributed by atoms with Crippen molar-refractivity contribution < 1.29 is 4.79 Å². The summed E-state index contributed by atoms with van der Waals surface area (Å²) in [6, 6.07) is 9.82. The second-order valence-electron chi connectivity index (χ2n) is 5.19. The van der Waals surface area contributed by atoms with Crippen LogP contribution in [0.3, 0.4) is 0 Å². The van der Waals surface area contributed by atoms with Crippen LogP contribution >= 0.6 is 11.7 Å². The van der Waals surface area contributed by atoms with Crippen LogP contribution in [-0.4, -0.2) is 31.6 Å². The van der Waals surface area contributed by atoms with E-state index in [1.165, 1.54) is 11.7 Å². The minimum absolute atomic E-state index is 0.133. The molecule has 0 unspecified atom stereocenters. The zero-order valence-electron chi connectivity index (χ0n) is 12.3. The maximum Gasteiger partial charge on any atom is 0.222 e. The van der Waals surface area contributed by atoms with Crippen molar-refractivity contribution in [2.45, 2.75) is 19.4 Å². The lowest BCUT2D eigenvalue weighted by Gasteiger charge is -2.17. The van der Waals surface area contributed by atoms with Gasteiger partial charge in [0.1, 0.15) is 11.0 Å². The SMILES string of the molecule is CN(Cc1ccc2nsnc2c1)C(=O)CCc1ccncc1. The maximum absolute atomic E-state index is 12.2. The van der Waals surface area contributed by atoms with E-state index >= 15 is 0 Å². The molecule has 0 aliphatic heterocycles. The fourth-order valence-corrected chi connectivity index (χ4v) is 2.80. The van der Waals surface area contributed by atoms with Crippen molar-refractivity contribution in [3.05, 3.63) is 53.9 Å². The van der Waals surface area contributed by atoms with Gasteiger partial charge in [0.05, 0.1) is 11.7 Å². The first-order chi connectivity index (χ1) is 10.7. The first-order valence-electron chi connectivity index (χ1n) is 7.06. The number of carbonyl (C=O) groups is 1. The summed E-state index contributed by atoms with van der Waals surface area (Å²) in [4.78, 5) is 17.9. The predicted octanol–water partition coefficient (Wildman–Crippen LogP) is 2.68. The largest absolute Gasteiger partial charge is 0.341 e. The molecule has 112 valence electrons. The van der Waals surface area contributed by atoms with Crippen LogP contribution < -0.4 is 0 Å². The van der Waals surface area contributed by atoms with E-state index in [9.17, 15) is 4.79 Å². The Hall–Kier alpha value is -2.34. The van der Waals surface area contributed by atoms with E-state index in [-0.39, 0.29) is 5.91 Å². The standard InChI is InChI=1S/C16H16N4OS/c1-20(16(21)5-3-12-6-8-17-9-7-12)11-13-2-4-14-15(10-13)19-22-18-14/h2,4,6-10H,3,5,11H2,1H3. The molecule has 0 bridgehead atoms. The number of hydrogen-bond donors (Lipinski definition) is 0. The lowest BCUT2D eigenvalue weighted by molar-refractivity contribution is -0.130. The highest BCUT2D eigenvalue weighted by Gasteiger charge is 2.10. The number of nitrogens with zero attached hydrogens (tertiary/aromatic N) is 4. The van der Waals surface area contributed by atoms with Gasteiger partial charge >= 0.3 is 0 Å². The Morgan fingerprint density at radius 1 is 1.09 bits per heavy atom. The monoisotopic (exact) mass is 312 g/mol. The second kappa shape index (κ2) is 6.62. The third kappa shape index (κ3) is 3.46. The van der Waals surface area contributed by atoms with Crippen LogP contribution in [0.4, 0.5) is 0 Å². The molecular weight excluding hydrogens is 296 g/mol. The molecular formula is C16H16N4OS. The topological polar surface area (TPSA) is 59.0 Å². The highest BCUT2D eigenvalue weighted by molar-refractivity contribution is 7.00. The van der Waals surface area contributed by atoms with Crippen molar-refractivity contribution >= 4 is 28.7 Å². The maximum atomic E-state index is 12.2. The van der Waals surface area contributed by atoms with E-state index in [0.717, 1.165) is 28.6 Å². The quantitative estimate of drug-likeness (QED) is 0.727. The molecule has 3 rings (SSSR count). The van der Waals surface area contributed by atoms with Crippen molar-refractivity contribution in [2.24, 2.45) is 0 Å². The number of fused-ring (bicyclic) bond motifs is 1. The second-order valence-corrected chi connectivity index (χ2v) is 5.72. The average molecular weight is 312 g/mol. The van der Waals surface area contributed by atoms with E-state index in [2.05, 4.69) is 13.7 Å². The summed E-state index contributed by atoms with van der Waals surface area (Å²) in [5.41, 5.74) is 3.99. The number of aromatic nitrogens is 3. The molecule has 1 aromatic carbocycles. The van der Waals surface area contributed by atoms with Crippen LogP contribution in [0.15, 0.2) is 42.7 Å².